The zero-order valence-corrected chi connectivity index (χ0v) is 42.2. The van der Waals surface area contributed by atoms with Crippen molar-refractivity contribution in [1.82, 2.24) is 55.2 Å². The minimum Gasteiger partial charge on any atom is -0.508 e. The predicted molar refractivity (Wildman–Crippen MR) is 267 cm³/mol. The van der Waals surface area contributed by atoms with Crippen molar-refractivity contribution in [2.24, 2.45) is 5.92 Å². The van der Waals surface area contributed by atoms with Gasteiger partial charge in [0.1, 0.15) is 39.6 Å². The maximum Gasteiger partial charge on any atom is 0.253 e. The predicted octanol–water partition coefficient (Wildman–Crippen LogP) is 5.65. The van der Waals surface area contributed by atoms with Crippen LogP contribution >= 0.6 is 22.7 Å². The first-order valence-electron chi connectivity index (χ1n) is 24.3. The summed E-state index contributed by atoms with van der Waals surface area (Å²) in [5.41, 5.74) is 9.33. The lowest BCUT2D eigenvalue weighted by atomic mass is 9.72. The molecule has 22 heteroatoms. The van der Waals surface area contributed by atoms with E-state index in [0.29, 0.717) is 51.4 Å². The molecule has 374 valence electrons. The molecule has 3 aliphatic rings. The Bertz CT molecular complexity index is 2890. The molecule has 5 atom stereocenters. The molecule has 5 N–H and O–H groups in total. The van der Waals surface area contributed by atoms with Crippen molar-refractivity contribution in [2.75, 3.05) is 50.0 Å². The number of aromatic nitrogens is 8. The average molecular weight is 1010 g/mol. The van der Waals surface area contributed by atoms with Crippen molar-refractivity contribution in [2.45, 2.75) is 116 Å². The molecule has 1 aliphatic carbocycles. The summed E-state index contributed by atoms with van der Waals surface area (Å²) in [5, 5.41) is 47.3. The number of ether oxygens (including phenoxy) is 1. The Hall–Kier alpha value is -6.54. The molecule has 1 aromatic carbocycles. The van der Waals surface area contributed by atoms with E-state index in [1.165, 1.54) is 32.3 Å². The number of aromatic hydroxyl groups is 1. The molecular weight excluding hydrogens is 945 g/mol. The monoisotopic (exact) mass is 1000 g/mol. The number of aliphatic hydroxyl groups is 1. The third kappa shape index (κ3) is 10.4. The normalized spacial score (nSPS) is 21.0. The molecule has 5 aromatic heterocycles. The number of rotatable bonds is 16. The van der Waals surface area contributed by atoms with Crippen LogP contribution in [-0.2, 0) is 28.0 Å². The molecule has 0 unspecified atom stereocenters. The zero-order chi connectivity index (χ0) is 50.0. The molecule has 0 bridgehead atoms. The van der Waals surface area contributed by atoms with Gasteiger partial charge in [-0.15, -0.1) is 22.7 Å². The summed E-state index contributed by atoms with van der Waals surface area (Å²) in [6.07, 6.45) is 7.80. The number of phenolic OH excluding ortho intramolecular Hbond substituents is 1. The number of nitrogens with one attached hydrogen (secondary N) is 1. The number of fused-ring (bicyclic) bond motifs is 1. The second-order valence-corrected chi connectivity index (χ2v) is 21.5. The number of aliphatic hydroxyl groups excluding tert-OH is 1. The number of phenols is 1. The van der Waals surface area contributed by atoms with Crippen molar-refractivity contribution in [3.05, 3.63) is 75.3 Å². The van der Waals surface area contributed by atoms with E-state index in [4.69, 9.17) is 25.0 Å². The van der Waals surface area contributed by atoms with Crippen LogP contribution in [0.4, 0.5) is 10.9 Å². The number of β-amino-alcohol motifs (C(OH)–C–C–N with tert-alkyl or cyclic N) is 1. The highest BCUT2D eigenvalue weighted by molar-refractivity contribution is 7.16. The van der Waals surface area contributed by atoms with E-state index in [1.807, 2.05) is 39.8 Å². The second-order valence-electron chi connectivity index (χ2n) is 19.3. The van der Waals surface area contributed by atoms with Crippen LogP contribution in [0, 0.1) is 24.2 Å². The van der Waals surface area contributed by atoms with E-state index >= 15 is 0 Å². The lowest BCUT2D eigenvalue weighted by Crippen LogP contribution is -2.49. The number of anilines is 2. The van der Waals surface area contributed by atoms with Gasteiger partial charge >= 0.3 is 0 Å². The van der Waals surface area contributed by atoms with Crippen molar-refractivity contribution in [3.8, 4) is 39.7 Å². The average Bonchev–Trinajstić information content (AvgIpc) is 4.20. The fraction of sp³-hybridized carbons (Fsp3) is 0.510. The Morgan fingerprint density at radius 3 is 2.70 bits per heavy atom. The molecule has 6 aromatic rings. The minimum atomic E-state index is -0.865. The largest absolute Gasteiger partial charge is 0.508 e. The van der Waals surface area contributed by atoms with Crippen molar-refractivity contribution in [1.29, 1.82) is 5.26 Å². The third-order valence-corrected chi connectivity index (χ3v) is 16.0. The molecule has 7 heterocycles. The van der Waals surface area contributed by atoms with Crippen molar-refractivity contribution >= 4 is 45.4 Å². The lowest BCUT2D eigenvalue weighted by Gasteiger charge is -2.30. The molecule has 2 saturated heterocycles. The first-order valence-corrected chi connectivity index (χ1v) is 25.9. The van der Waals surface area contributed by atoms with Crippen molar-refractivity contribution < 1.29 is 29.1 Å². The third-order valence-electron chi connectivity index (χ3n) is 13.7. The number of nitrogen functional groups attached to an aromatic ring is 1. The molecule has 2 fully saturated rings. The van der Waals surface area contributed by atoms with E-state index in [2.05, 4.69) is 53.5 Å². The summed E-state index contributed by atoms with van der Waals surface area (Å²) < 4.78 is 13.4. The number of nitrogens with zero attached hydrogens (tertiary/aromatic N) is 12. The molecule has 20 nitrogen and oxygen atoms in total. The number of carbonyl (C=O) groups excluding carboxylic acids is 2. The van der Waals surface area contributed by atoms with Gasteiger partial charge in [-0.3, -0.25) is 9.59 Å². The smallest absolute Gasteiger partial charge is 0.253 e. The van der Waals surface area contributed by atoms with Crippen LogP contribution in [0.3, 0.4) is 0 Å². The topological polar surface area (TPSA) is 264 Å². The molecule has 71 heavy (non-hydrogen) atoms. The molecule has 2 aliphatic heterocycles. The number of thiazole rings is 1. The molecule has 0 radical (unpaired) electrons. The highest BCUT2D eigenvalue weighted by Crippen LogP contribution is 2.48. The maximum atomic E-state index is 14.2. The van der Waals surface area contributed by atoms with Gasteiger partial charge in [0.2, 0.25) is 29.5 Å². The van der Waals surface area contributed by atoms with Crippen molar-refractivity contribution in [3.63, 3.8) is 0 Å². The number of hydrogen-bond donors (Lipinski definition) is 4. The fourth-order valence-electron chi connectivity index (χ4n) is 10.2. The molecule has 0 spiro atoms. The number of nitriles is 1. The summed E-state index contributed by atoms with van der Waals surface area (Å²) in [7, 11) is 0. The Labute approximate surface area is 419 Å². The van der Waals surface area contributed by atoms with E-state index in [1.54, 1.807) is 30.6 Å². The fourth-order valence-corrected chi connectivity index (χ4v) is 12.4. The number of nitrogens with two attached hydrogens (primary N) is 1. The number of unbranched alkanes of at least 4 members (excludes halogenated alkanes) is 1. The number of hydrogen-bond acceptors (Lipinski definition) is 19. The SMILES string of the molecule is Cc1nc(CNC(=O)[C@@H]2C[C@@H](O)CN2C(=O)[C@H](C(C)C)n2cc(OCCCCN3CCCN(c4nccc(-c5noc([C@@]6(C)CCCc7sc(N)c(C#N)c76)n5)n4)[C@@H](C)C3)nn2)sc1-c1ccc(O)cc1. The van der Waals surface area contributed by atoms with Crippen LogP contribution in [0.5, 0.6) is 11.6 Å². The summed E-state index contributed by atoms with van der Waals surface area (Å²) in [6.45, 7) is 14.0. The number of benzene rings is 1. The number of carbonyl (C=O) groups is 2. The Morgan fingerprint density at radius 2 is 1.92 bits per heavy atom. The van der Waals surface area contributed by atoms with Crippen LogP contribution in [0.1, 0.15) is 105 Å². The van der Waals surface area contributed by atoms with Gasteiger partial charge in [-0.05, 0) is 114 Å². The summed E-state index contributed by atoms with van der Waals surface area (Å²) in [6, 6.07) is 9.48. The van der Waals surface area contributed by atoms with Gasteiger partial charge < -0.3 is 45.2 Å². The summed E-state index contributed by atoms with van der Waals surface area (Å²) >= 11 is 2.92. The molecule has 9 rings (SSSR count). The van der Waals surface area contributed by atoms with E-state index < -0.39 is 23.6 Å². The van der Waals surface area contributed by atoms with Crippen LogP contribution in [0.2, 0.25) is 0 Å². The molecule has 0 saturated carbocycles. The molecular formula is C49H60N14O6S2. The molecule has 2 amide bonds. The number of thiophene rings is 1. The first kappa shape index (κ1) is 49.4. The van der Waals surface area contributed by atoms with Gasteiger partial charge in [0.15, 0.2) is 0 Å². The van der Waals surface area contributed by atoms with Gasteiger partial charge in [0.05, 0.1) is 47.0 Å². The van der Waals surface area contributed by atoms with Crippen LogP contribution in [0.15, 0.2) is 47.2 Å². The van der Waals surface area contributed by atoms with Gasteiger partial charge in [-0.2, -0.15) is 10.2 Å². The van der Waals surface area contributed by atoms with E-state index in [0.717, 1.165) is 91.3 Å². The van der Waals surface area contributed by atoms with Gasteiger partial charge in [-0.1, -0.05) is 29.3 Å². The van der Waals surface area contributed by atoms with E-state index in [-0.39, 0.29) is 49.0 Å². The maximum absolute atomic E-state index is 14.2. The first-order chi connectivity index (χ1) is 34.2. The number of likely N-dealkylation sites (tertiary alicyclic amines) is 1. The number of amides is 2. The quantitative estimate of drug-likeness (QED) is 0.0854. The van der Waals surface area contributed by atoms with Crippen LogP contribution in [0.25, 0.3) is 22.0 Å². The van der Waals surface area contributed by atoms with Crippen LogP contribution < -0.4 is 20.7 Å². The zero-order valence-electron chi connectivity index (χ0n) is 40.6. The Kier molecular flexibility index (Phi) is 14.7. The standard InChI is InChI=1S/C49H60N14O6S2/c1-28(2)41(46(67)62-26-33(65)22-36(62)45(66)53-24-39-54-30(4)42(71-39)31-11-13-32(64)14-12-31)63-27-38(57-59-63)68-21-7-6-18-60-19-9-20-61(29(3)25-60)48-52-17-15-35(55-48)44-56-47(69-58-44)49(5)16-8-10-37-40(49)34(23-50)43(51)70-37/h11-15,17,27-29,33,36,41,64-65H,6-10,16,18-22,24-26,51H2,1-5H3,(H,53,66)/t29-,33+,36-,41-,49-/m0/s1. The summed E-state index contributed by atoms with van der Waals surface area (Å²) in [5.74, 6) is 1.01. The lowest BCUT2D eigenvalue weighted by molar-refractivity contribution is -0.142. The van der Waals surface area contributed by atoms with E-state index in [9.17, 15) is 25.1 Å². The van der Waals surface area contributed by atoms with Gasteiger partial charge in [0.25, 0.3) is 5.88 Å². The minimum absolute atomic E-state index is 0.0252. The highest BCUT2D eigenvalue weighted by atomic mass is 32.1. The Morgan fingerprint density at radius 1 is 1.10 bits per heavy atom. The second kappa shape index (κ2) is 21.0. The highest BCUT2D eigenvalue weighted by Gasteiger charge is 2.44. The summed E-state index contributed by atoms with van der Waals surface area (Å²) in [4.78, 5) is 55.0. The van der Waals surface area contributed by atoms with Gasteiger partial charge in [0, 0.05) is 48.7 Å². The number of aryl methyl sites for hydroxylation is 2. The van der Waals surface area contributed by atoms with Crippen LogP contribution in [-0.4, -0.2) is 129 Å². The Balaban J connectivity index is 0.747. The van der Waals surface area contributed by atoms with Gasteiger partial charge in [-0.25, -0.2) is 19.6 Å².